The molecule has 518 valence electrons. The van der Waals surface area contributed by atoms with E-state index in [-0.39, 0.29) is 130 Å². The van der Waals surface area contributed by atoms with Crippen molar-refractivity contribution in [2.24, 2.45) is 0 Å². The van der Waals surface area contributed by atoms with Gasteiger partial charge < -0.3 is 113 Å². The molecule has 0 unspecified atom stereocenters. The number of nitro benzene ring substituents is 3. The van der Waals surface area contributed by atoms with Gasteiger partial charge in [-0.3, -0.25) is 30.3 Å². The minimum Gasteiger partial charge on any atom is -0.493 e. The minimum atomic E-state index is -2.68. The minimum absolute atomic E-state index is 0.0116. The second-order valence-electron chi connectivity index (χ2n) is 18.1. The number of nitro groups is 3. The molecule has 0 fully saturated rings. The number of ether oxygens (including phenoxy) is 21. The van der Waals surface area contributed by atoms with Crippen molar-refractivity contribution in [2.75, 3.05) is 241 Å². The second-order valence-corrected chi connectivity index (χ2v) is 19.3. The zero-order chi connectivity index (χ0) is 65.8. The van der Waals surface area contributed by atoms with Gasteiger partial charge in [0.25, 0.3) is 17.1 Å². The highest BCUT2D eigenvalue weighted by Gasteiger charge is 2.28. The molecule has 0 bridgehead atoms. The van der Waals surface area contributed by atoms with Crippen molar-refractivity contribution in [3.05, 3.63) is 83.4 Å². The molecule has 3 rings (SSSR count). The van der Waals surface area contributed by atoms with Gasteiger partial charge in [0.1, 0.15) is 19.8 Å². The summed E-state index contributed by atoms with van der Waals surface area (Å²) < 4.78 is 133. The lowest BCUT2D eigenvalue weighted by Crippen LogP contribution is -2.14. The summed E-state index contributed by atoms with van der Waals surface area (Å²) in [5, 5.41) is 37.7. The lowest BCUT2D eigenvalue weighted by Gasteiger charge is -2.19. The first-order valence-corrected chi connectivity index (χ1v) is 30.1. The average Bonchev–Trinajstić information content (AvgIpc) is 3.24. The fraction of sp³-hybridized carbons (Fsp3) is 0.684. The highest BCUT2D eigenvalue weighted by Crippen LogP contribution is 2.47. The normalized spacial score (nSPS) is 11.4. The van der Waals surface area contributed by atoms with Crippen LogP contribution in [0, 0.1) is 30.3 Å². The van der Waals surface area contributed by atoms with Crippen molar-refractivity contribution in [3.8, 4) is 34.5 Å². The van der Waals surface area contributed by atoms with Crippen LogP contribution in [0.25, 0.3) is 0 Å². The molecule has 0 saturated heterocycles. The van der Waals surface area contributed by atoms with Crippen LogP contribution in [0.2, 0.25) is 0 Å². The van der Waals surface area contributed by atoms with Crippen LogP contribution in [-0.4, -0.2) is 256 Å². The lowest BCUT2D eigenvalue weighted by molar-refractivity contribution is -0.386. The molecule has 0 aliphatic rings. The number of hydrogen-bond donors (Lipinski definition) is 0. The molecule has 0 spiro atoms. The second kappa shape index (κ2) is 52.8. The maximum Gasteiger partial charge on any atom is 0.333 e. The van der Waals surface area contributed by atoms with E-state index in [0.717, 1.165) is 18.2 Å². The molecule has 0 aliphatic heterocycles. The monoisotopic (exact) mass is 1330 g/mol. The fourth-order valence-electron chi connectivity index (χ4n) is 7.27. The molecule has 0 atom stereocenters. The Labute approximate surface area is 530 Å². The summed E-state index contributed by atoms with van der Waals surface area (Å²) in [4.78, 5) is 35.7. The van der Waals surface area contributed by atoms with E-state index in [1.54, 1.807) is 21.3 Å². The summed E-state index contributed by atoms with van der Waals surface area (Å²) in [6.07, 6.45) is 0. The van der Waals surface area contributed by atoms with Gasteiger partial charge in [0, 0.05) is 21.3 Å². The molecule has 0 aromatic heterocycles. The van der Waals surface area contributed by atoms with Crippen molar-refractivity contribution >= 4 is 25.7 Å². The molecule has 0 heterocycles. The third-order valence-corrected chi connectivity index (χ3v) is 12.8. The molecule has 33 nitrogen and oxygen atoms in total. The Kier molecular flexibility index (Phi) is 46.2. The third kappa shape index (κ3) is 35.8. The first-order valence-electron chi connectivity index (χ1n) is 29.0. The first kappa shape index (κ1) is 79.6. The Balaban J connectivity index is 1.71. The Bertz CT molecular complexity index is 2150. The van der Waals surface area contributed by atoms with E-state index in [2.05, 4.69) is 0 Å². The number of nitrogens with zero attached hydrogens (tertiary/aromatic N) is 3. The van der Waals surface area contributed by atoms with Crippen molar-refractivity contribution in [1.29, 1.82) is 0 Å². The fourth-order valence-corrected chi connectivity index (χ4v) is 8.23. The molecule has 0 aliphatic carbocycles. The molecule has 0 radical (unpaired) electrons. The van der Waals surface area contributed by atoms with Crippen LogP contribution in [0.15, 0.2) is 36.4 Å². The average molecular weight is 1330 g/mol. The van der Waals surface area contributed by atoms with Crippen LogP contribution in [0.5, 0.6) is 34.5 Å². The quantitative estimate of drug-likeness (QED) is 0.0275. The first-order chi connectivity index (χ1) is 44.5. The molecule has 3 aromatic rings. The Hall–Kier alpha value is -5.63. The number of hydrogen-bond acceptors (Lipinski definition) is 30. The van der Waals surface area contributed by atoms with Crippen molar-refractivity contribution < 1.29 is 128 Å². The van der Waals surface area contributed by atoms with Crippen molar-refractivity contribution in [2.45, 2.75) is 19.8 Å². The Morgan fingerprint density at radius 1 is 0.275 bits per heavy atom. The molecule has 0 N–H and O–H groups in total. The van der Waals surface area contributed by atoms with Crippen LogP contribution < -0.4 is 28.4 Å². The Morgan fingerprint density at radius 3 is 0.637 bits per heavy atom. The van der Waals surface area contributed by atoms with E-state index in [9.17, 15) is 30.3 Å². The van der Waals surface area contributed by atoms with Gasteiger partial charge in [-0.15, -0.1) is 0 Å². The van der Waals surface area contributed by atoms with E-state index < -0.39 is 60.3 Å². The van der Waals surface area contributed by atoms with Gasteiger partial charge in [0.15, 0.2) is 34.5 Å². The smallest absolute Gasteiger partial charge is 0.333 e. The Morgan fingerprint density at radius 2 is 0.462 bits per heavy atom. The van der Waals surface area contributed by atoms with Crippen LogP contribution in [0.3, 0.4) is 0 Å². The van der Waals surface area contributed by atoms with Gasteiger partial charge in [-0.25, -0.2) is 0 Å². The number of methoxy groups -OCH3 is 6. The van der Waals surface area contributed by atoms with Crippen molar-refractivity contribution in [1.82, 2.24) is 0 Å². The molecular weight excluding hydrogens is 1240 g/mol. The van der Waals surface area contributed by atoms with E-state index in [1.165, 1.54) is 39.5 Å². The molecule has 0 amide bonds. The van der Waals surface area contributed by atoms with Gasteiger partial charge in [-0.2, -0.15) is 0 Å². The zero-order valence-corrected chi connectivity index (χ0v) is 53.7. The highest BCUT2D eigenvalue weighted by molar-refractivity contribution is 7.41. The van der Waals surface area contributed by atoms with E-state index >= 15 is 0 Å². The van der Waals surface area contributed by atoms with Gasteiger partial charge in [0.2, 0.25) is 0 Å². The third-order valence-electron chi connectivity index (χ3n) is 11.8. The maximum atomic E-state index is 12.6. The topological polar surface area (TPSA) is 351 Å². The van der Waals surface area contributed by atoms with Gasteiger partial charge >= 0.3 is 8.60 Å². The summed E-state index contributed by atoms with van der Waals surface area (Å²) in [5.74, 6) is 0.370. The standard InChI is InChI=1S/C57H90N3O30P/c1-67-7-10-73-13-16-76-19-22-79-25-28-82-31-34-85-55-40-49(58(61)62)46(37-52(55)70-4)43-88-91(89-44-47-38-53(71-5)56(41-50(47)59(63)64)86-35-32-83-29-26-80-23-20-77-17-14-74-11-8-68-2)90-45-48-39-54(72-6)57(42-51(48)60(65)66)87-36-33-84-30-27-81-24-21-78-18-15-75-12-9-69-3/h37-42H,7-36,43-45H2,1-6H3. The summed E-state index contributed by atoms with van der Waals surface area (Å²) >= 11 is 0. The van der Waals surface area contributed by atoms with Crippen LogP contribution in [-0.2, 0) is 104 Å². The summed E-state index contributed by atoms with van der Waals surface area (Å²) in [6, 6.07) is 7.44. The SMILES string of the molecule is COCCOCCOCCOCCOCCOc1cc([N+](=O)[O-])c(COP(OCc2cc(OC)c(OCCOCCOCCOCCOCCOC)cc2[N+](=O)[O-])OCc2cc(OC)c(OCCOCCOCCOCCOCCOC)cc2[N+](=O)[O-])cc1OC. The van der Waals surface area contributed by atoms with Crippen molar-refractivity contribution in [3.63, 3.8) is 0 Å². The maximum absolute atomic E-state index is 12.6. The lowest BCUT2D eigenvalue weighted by atomic mass is 10.1. The summed E-state index contributed by atoms with van der Waals surface area (Å²) in [6.45, 7) is 7.91. The van der Waals surface area contributed by atoms with Crippen LogP contribution in [0.1, 0.15) is 16.7 Å². The molecular formula is C57H90N3O30P. The molecule has 3 aromatic carbocycles. The zero-order valence-electron chi connectivity index (χ0n) is 52.8. The van der Waals surface area contributed by atoms with E-state index in [4.69, 9.17) is 113 Å². The van der Waals surface area contributed by atoms with Gasteiger partial charge in [-0.1, -0.05) is 0 Å². The molecule has 0 saturated carbocycles. The van der Waals surface area contributed by atoms with Gasteiger partial charge in [-0.05, 0) is 18.2 Å². The number of benzene rings is 3. The predicted octanol–water partition coefficient (Wildman–Crippen LogP) is 5.89. The van der Waals surface area contributed by atoms with E-state index in [0.29, 0.717) is 119 Å². The highest BCUT2D eigenvalue weighted by atomic mass is 31.2. The predicted molar refractivity (Wildman–Crippen MR) is 322 cm³/mol. The largest absolute Gasteiger partial charge is 0.493 e. The molecule has 91 heavy (non-hydrogen) atoms. The van der Waals surface area contributed by atoms with Crippen LogP contribution >= 0.6 is 8.60 Å². The molecule has 34 heteroatoms. The van der Waals surface area contributed by atoms with Crippen LogP contribution in [0.4, 0.5) is 17.1 Å². The summed E-state index contributed by atoms with van der Waals surface area (Å²) in [5.41, 5.74) is -1.40. The summed E-state index contributed by atoms with van der Waals surface area (Å²) in [7, 11) is 6.12. The number of rotatable bonds is 63. The van der Waals surface area contributed by atoms with Gasteiger partial charge in [0.05, 0.1) is 269 Å². The van der Waals surface area contributed by atoms with E-state index in [1.807, 2.05) is 0 Å².